The fourth-order valence-electron chi connectivity index (χ4n) is 3.74. The van der Waals surface area contributed by atoms with Crippen LogP contribution >= 0.6 is 0 Å². The molecule has 2 unspecified atom stereocenters. The Morgan fingerprint density at radius 1 is 1.24 bits per heavy atom. The number of fused-ring (bicyclic) bond motifs is 1. The van der Waals surface area contributed by atoms with E-state index in [-0.39, 0.29) is 6.04 Å². The molecule has 1 fully saturated rings. The van der Waals surface area contributed by atoms with Crippen LogP contribution in [0.4, 0.5) is 0 Å². The van der Waals surface area contributed by atoms with Crippen molar-refractivity contribution in [2.24, 2.45) is 11.7 Å². The summed E-state index contributed by atoms with van der Waals surface area (Å²) < 4.78 is 5.43. The highest BCUT2D eigenvalue weighted by Gasteiger charge is 2.31. The number of nitrogens with zero attached hydrogens (tertiary/aromatic N) is 2. The fourth-order valence-corrected chi connectivity index (χ4v) is 3.74. The lowest BCUT2D eigenvalue weighted by Gasteiger charge is -2.27. The van der Waals surface area contributed by atoms with Gasteiger partial charge in [0.2, 0.25) is 5.89 Å². The zero-order valence-electron chi connectivity index (χ0n) is 12.2. The van der Waals surface area contributed by atoms with Crippen molar-refractivity contribution in [2.75, 3.05) is 0 Å². The van der Waals surface area contributed by atoms with Gasteiger partial charge in [-0.2, -0.15) is 4.98 Å². The molecule has 1 aromatic heterocycles. The van der Waals surface area contributed by atoms with Crippen molar-refractivity contribution >= 4 is 0 Å². The number of rotatable bonds is 4. The van der Waals surface area contributed by atoms with Crippen LogP contribution in [0, 0.1) is 5.92 Å². The second-order valence-electron chi connectivity index (χ2n) is 6.41. The van der Waals surface area contributed by atoms with Gasteiger partial charge in [0.1, 0.15) is 0 Å². The molecule has 0 radical (unpaired) electrons. The van der Waals surface area contributed by atoms with Gasteiger partial charge in [0.05, 0.1) is 5.92 Å². The van der Waals surface area contributed by atoms with Crippen LogP contribution in [0.15, 0.2) is 28.8 Å². The van der Waals surface area contributed by atoms with Gasteiger partial charge < -0.3 is 10.3 Å². The van der Waals surface area contributed by atoms with E-state index in [1.165, 1.54) is 36.8 Å². The molecule has 0 spiro atoms. The fraction of sp³-hybridized carbons (Fsp3) is 0.529. The second-order valence-corrected chi connectivity index (χ2v) is 6.41. The van der Waals surface area contributed by atoms with Crippen LogP contribution in [0.5, 0.6) is 0 Å². The first kappa shape index (κ1) is 13.0. The van der Waals surface area contributed by atoms with E-state index in [0.29, 0.717) is 24.1 Å². The maximum atomic E-state index is 6.29. The van der Waals surface area contributed by atoms with Crippen molar-refractivity contribution < 1.29 is 4.52 Å². The minimum Gasteiger partial charge on any atom is -0.339 e. The molecule has 4 rings (SSSR count). The van der Waals surface area contributed by atoms with E-state index in [0.717, 1.165) is 12.2 Å². The number of hydrogen-bond donors (Lipinski definition) is 1. The van der Waals surface area contributed by atoms with Gasteiger partial charge in [-0.05, 0) is 36.3 Å². The SMILES string of the molecule is NC(Cc1nc(C2Cc3ccccc32)no1)C1CCCC1. The normalized spacial score (nSPS) is 22.8. The topological polar surface area (TPSA) is 64.9 Å². The summed E-state index contributed by atoms with van der Waals surface area (Å²) >= 11 is 0. The van der Waals surface area contributed by atoms with Crippen LogP contribution in [0.1, 0.15) is 54.4 Å². The largest absolute Gasteiger partial charge is 0.339 e. The maximum absolute atomic E-state index is 6.29. The molecular weight excluding hydrogens is 262 g/mol. The number of hydrogen-bond acceptors (Lipinski definition) is 4. The van der Waals surface area contributed by atoms with E-state index in [2.05, 4.69) is 34.4 Å². The Labute approximate surface area is 124 Å². The second kappa shape index (κ2) is 5.26. The lowest BCUT2D eigenvalue weighted by atomic mass is 9.77. The summed E-state index contributed by atoms with van der Waals surface area (Å²) in [4.78, 5) is 4.58. The zero-order valence-corrected chi connectivity index (χ0v) is 12.2. The number of aromatic nitrogens is 2. The average molecular weight is 283 g/mol. The van der Waals surface area contributed by atoms with Gasteiger partial charge in [-0.3, -0.25) is 0 Å². The molecule has 2 aromatic rings. The summed E-state index contributed by atoms with van der Waals surface area (Å²) in [6.45, 7) is 0. The van der Waals surface area contributed by atoms with E-state index in [9.17, 15) is 0 Å². The highest BCUT2D eigenvalue weighted by atomic mass is 16.5. The molecule has 2 aliphatic carbocycles. The molecule has 4 nitrogen and oxygen atoms in total. The Balaban J connectivity index is 1.44. The van der Waals surface area contributed by atoms with Crippen molar-refractivity contribution in [1.82, 2.24) is 10.1 Å². The van der Waals surface area contributed by atoms with Crippen LogP contribution < -0.4 is 5.73 Å². The van der Waals surface area contributed by atoms with Crippen LogP contribution in [0.2, 0.25) is 0 Å². The molecule has 0 aliphatic heterocycles. The third-order valence-electron chi connectivity index (χ3n) is 5.07. The smallest absolute Gasteiger partial charge is 0.228 e. The molecular formula is C17H21N3O. The van der Waals surface area contributed by atoms with Gasteiger partial charge in [0.15, 0.2) is 5.82 Å². The Morgan fingerprint density at radius 3 is 2.86 bits per heavy atom. The highest BCUT2D eigenvalue weighted by Crippen LogP contribution is 2.38. The average Bonchev–Trinajstić information content (AvgIpc) is 3.12. The highest BCUT2D eigenvalue weighted by molar-refractivity contribution is 5.43. The van der Waals surface area contributed by atoms with Crippen LogP contribution in [0.25, 0.3) is 0 Å². The van der Waals surface area contributed by atoms with E-state index in [4.69, 9.17) is 10.3 Å². The summed E-state index contributed by atoms with van der Waals surface area (Å²) in [6, 6.07) is 8.64. The summed E-state index contributed by atoms with van der Waals surface area (Å²) in [5.41, 5.74) is 9.03. The van der Waals surface area contributed by atoms with E-state index in [1.807, 2.05) is 0 Å². The van der Waals surface area contributed by atoms with Gasteiger partial charge in [-0.1, -0.05) is 42.3 Å². The van der Waals surface area contributed by atoms with Crippen LogP contribution in [0.3, 0.4) is 0 Å². The first-order valence-electron chi connectivity index (χ1n) is 7.97. The Kier molecular flexibility index (Phi) is 3.26. The molecule has 0 saturated heterocycles. The molecule has 1 heterocycles. The van der Waals surface area contributed by atoms with E-state index in [1.54, 1.807) is 0 Å². The Hall–Kier alpha value is -1.68. The van der Waals surface area contributed by atoms with Gasteiger partial charge in [-0.25, -0.2) is 0 Å². The molecule has 0 amide bonds. The Bertz CT molecular complexity index is 630. The van der Waals surface area contributed by atoms with Gasteiger partial charge in [0.25, 0.3) is 0 Å². The lowest BCUT2D eigenvalue weighted by molar-refractivity contribution is 0.337. The Morgan fingerprint density at radius 2 is 2.05 bits per heavy atom. The van der Waals surface area contributed by atoms with Gasteiger partial charge in [-0.15, -0.1) is 0 Å². The van der Waals surface area contributed by atoms with Crippen molar-refractivity contribution in [3.8, 4) is 0 Å². The molecule has 2 atom stereocenters. The first-order valence-corrected chi connectivity index (χ1v) is 7.97. The van der Waals surface area contributed by atoms with Crippen LogP contribution in [-0.2, 0) is 12.8 Å². The van der Waals surface area contributed by atoms with Crippen molar-refractivity contribution in [3.05, 3.63) is 47.1 Å². The predicted octanol–water partition coefficient (Wildman–Crippen LogP) is 2.82. The third kappa shape index (κ3) is 2.38. The molecule has 21 heavy (non-hydrogen) atoms. The summed E-state index contributed by atoms with van der Waals surface area (Å²) in [6.07, 6.45) is 6.85. The number of benzene rings is 1. The van der Waals surface area contributed by atoms with Crippen LogP contribution in [-0.4, -0.2) is 16.2 Å². The summed E-state index contributed by atoms with van der Waals surface area (Å²) in [5.74, 6) is 2.46. The molecule has 2 N–H and O–H groups in total. The van der Waals surface area contributed by atoms with Gasteiger partial charge in [0, 0.05) is 12.5 Å². The zero-order chi connectivity index (χ0) is 14.2. The summed E-state index contributed by atoms with van der Waals surface area (Å²) in [5, 5.41) is 4.18. The van der Waals surface area contributed by atoms with Crippen molar-refractivity contribution in [3.63, 3.8) is 0 Å². The lowest BCUT2D eigenvalue weighted by Crippen LogP contribution is -2.30. The predicted molar refractivity (Wildman–Crippen MR) is 79.9 cm³/mol. The maximum Gasteiger partial charge on any atom is 0.228 e. The quantitative estimate of drug-likeness (QED) is 0.937. The minimum atomic E-state index is 0.162. The molecule has 0 bridgehead atoms. The minimum absolute atomic E-state index is 0.162. The van der Waals surface area contributed by atoms with Crippen molar-refractivity contribution in [2.45, 2.75) is 50.5 Å². The molecule has 4 heteroatoms. The van der Waals surface area contributed by atoms with E-state index >= 15 is 0 Å². The molecule has 2 aliphatic rings. The third-order valence-corrected chi connectivity index (χ3v) is 5.07. The van der Waals surface area contributed by atoms with E-state index < -0.39 is 0 Å². The van der Waals surface area contributed by atoms with Gasteiger partial charge >= 0.3 is 0 Å². The standard InChI is InChI=1S/C17H21N3O/c18-15(11-5-1-2-6-11)10-16-19-17(20-21-16)14-9-12-7-3-4-8-13(12)14/h3-4,7-8,11,14-15H,1-2,5-6,9-10,18H2. The van der Waals surface area contributed by atoms with Crippen molar-refractivity contribution in [1.29, 1.82) is 0 Å². The molecule has 110 valence electrons. The molecule has 1 aromatic carbocycles. The first-order chi connectivity index (χ1) is 10.3. The monoisotopic (exact) mass is 283 g/mol. The summed E-state index contributed by atoms with van der Waals surface area (Å²) in [7, 11) is 0. The number of nitrogens with two attached hydrogens (primary N) is 1. The molecule has 1 saturated carbocycles.